The Bertz CT molecular complexity index is 470. The van der Waals surface area contributed by atoms with Crippen LogP contribution in [0.1, 0.15) is 5.82 Å². The molecule has 2 rings (SSSR count). The first kappa shape index (κ1) is 9.33. The van der Waals surface area contributed by atoms with Gasteiger partial charge >= 0.3 is 0 Å². The first-order valence-electron chi connectivity index (χ1n) is 4.50. The monoisotopic (exact) mass is 198 g/mol. The van der Waals surface area contributed by atoms with E-state index in [2.05, 4.69) is 21.5 Å². The minimum Gasteiger partial charge on any atom is -0.306 e. The summed E-state index contributed by atoms with van der Waals surface area (Å²) in [5.74, 6) is 1.40. The average molecular weight is 198 g/mol. The molecule has 74 valence electrons. The van der Waals surface area contributed by atoms with Crippen LogP contribution < -0.4 is 0 Å². The molecule has 2 aromatic rings. The highest BCUT2D eigenvalue weighted by molar-refractivity contribution is 5.78. The Morgan fingerprint density at radius 3 is 2.93 bits per heavy atom. The molecule has 0 aliphatic heterocycles. The standard InChI is InChI=1S/C11H10N4/c1-2-15-8-7-13-11(15)9-14-10-5-3-4-6-12-10/h2-9H,1H2. The third-order valence-electron chi connectivity index (χ3n) is 1.86. The first-order valence-corrected chi connectivity index (χ1v) is 4.50. The number of hydrogen-bond donors (Lipinski definition) is 0. The molecule has 0 fully saturated rings. The maximum atomic E-state index is 4.19. The Labute approximate surface area is 87.6 Å². The second-order valence-electron chi connectivity index (χ2n) is 2.82. The summed E-state index contributed by atoms with van der Waals surface area (Å²) in [6, 6.07) is 5.57. The van der Waals surface area contributed by atoms with Crippen LogP contribution in [0.4, 0.5) is 5.82 Å². The van der Waals surface area contributed by atoms with Gasteiger partial charge in [0.25, 0.3) is 0 Å². The number of aliphatic imine (C=N–C) groups is 1. The van der Waals surface area contributed by atoms with Gasteiger partial charge in [-0.1, -0.05) is 12.6 Å². The summed E-state index contributed by atoms with van der Waals surface area (Å²) in [5, 5.41) is 0. The topological polar surface area (TPSA) is 43.1 Å². The van der Waals surface area contributed by atoms with Gasteiger partial charge in [-0.15, -0.1) is 0 Å². The van der Waals surface area contributed by atoms with Gasteiger partial charge in [0.2, 0.25) is 0 Å². The van der Waals surface area contributed by atoms with E-state index in [9.17, 15) is 0 Å². The summed E-state index contributed by atoms with van der Waals surface area (Å²) in [4.78, 5) is 12.4. The van der Waals surface area contributed by atoms with E-state index in [1.54, 1.807) is 29.4 Å². The molecule has 0 amide bonds. The van der Waals surface area contributed by atoms with E-state index in [-0.39, 0.29) is 0 Å². The van der Waals surface area contributed by atoms with Crippen LogP contribution in [0, 0.1) is 0 Å². The molecule has 4 nitrogen and oxygen atoms in total. The molecule has 0 aliphatic carbocycles. The summed E-state index contributed by atoms with van der Waals surface area (Å²) < 4.78 is 1.78. The molecule has 0 N–H and O–H groups in total. The predicted molar refractivity (Wildman–Crippen MR) is 60.1 cm³/mol. The lowest BCUT2D eigenvalue weighted by Crippen LogP contribution is -1.93. The SMILES string of the molecule is C=Cn1ccnc1C=Nc1ccccn1. The molecule has 0 unspecified atom stereocenters. The highest BCUT2D eigenvalue weighted by Gasteiger charge is 1.94. The summed E-state index contributed by atoms with van der Waals surface area (Å²) >= 11 is 0. The highest BCUT2D eigenvalue weighted by atomic mass is 15.1. The van der Waals surface area contributed by atoms with Crippen molar-refractivity contribution in [3.8, 4) is 0 Å². The molecule has 2 aromatic heterocycles. The Balaban J connectivity index is 2.22. The van der Waals surface area contributed by atoms with Crippen molar-refractivity contribution in [1.82, 2.24) is 14.5 Å². The zero-order chi connectivity index (χ0) is 10.5. The summed E-state index contributed by atoms with van der Waals surface area (Å²) in [5.41, 5.74) is 0. The quantitative estimate of drug-likeness (QED) is 0.709. The molecule has 2 heterocycles. The summed E-state index contributed by atoms with van der Waals surface area (Å²) in [7, 11) is 0. The van der Waals surface area contributed by atoms with Crippen molar-refractivity contribution >= 4 is 18.2 Å². The molecule has 4 heteroatoms. The molecule has 0 aromatic carbocycles. The van der Waals surface area contributed by atoms with Crippen molar-refractivity contribution < 1.29 is 0 Å². The number of hydrogen-bond acceptors (Lipinski definition) is 3. The Morgan fingerprint density at radius 2 is 2.20 bits per heavy atom. The van der Waals surface area contributed by atoms with Crippen molar-refractivity contribution in [2.45, 2.75) is 0 Å². The van der Waals surface area contributed by atoms with E-state index in [1.807, 2.05) is 24.4 Å². The Morgan fingerprint density at radius 1 is 1.27 bits per heavy atom. The number of rotatable bonds is 3. The minimum atomic E-state index is 0.663. The number of aromatic nitrogens is 3. The molecule has 0 spiro atoms. The van der Waals surface area contributed by atoms with Crippen molar-refractivity contribution in [3.05, 3.63) is 49.2 Å². The Kier molecular flexibility index (Phi) is 2.69. The van der Waals surface area contributed by atoms with E-state index < -0.39 is 0 Å². The fourth-order valence-electron chi connectivity index (χ4n) is 1.13. The van der Waals surface area contributed by atoms with E-state index in [1.165, 1.54) is 0 Å². The van der Waals surface area contributed by atoms with E-state index in [0.29, 0.717) is 5.82 Å². The molecule has 0 atom stereocenters. The van der Waals surface area contributed by atoms with Gasteiger partial charge in [0.1, 0.15) is 0 Å². The molecule has 0 bridgehead atoms. The fourth-order valence-corrected chi connectivity index (χ4v) is 1.13. The molecule has 0 saturated heterocycles. The van der Waals surface area contributed by atoms with Gasteiger partial charge in [0.05, 0.1) is 6.21 Å². The van der Waals surface area contributed by atoms with Gasteiger partial charge in [0, 0.05) is 24.8 Å². The largest absolute Gasteiger partial charge is 0.306 e. The minimum absolute atomic E-state index is 0.663. The van der Waals surface area contributed by atoms with Gasteiger partial charge in [-0.25, -0.2) is 15.0 Å². The van der Waals surface area contributed by atoms with E-state index in [0.717, 1.165) is 5.82 Å². The zero-order valence-corrected chi connectivity index (χ0v) is 8.11. The summed E-state index contributed by atoms with van der Waals surface area (Å²) in [6.07, 6.45) is 8.54. The molecular weight excluding hydrogens is 188 g/mol. The number of imidazole rings is 1. The maximum absolute atomic E-state index is 4.19. The maximum Gasteiger partial charge on any atom is 0.155 e. The Hall–Kier alpha value is -2.23. The van der Waals surface area contributed by atoms with Gasteiger partial charge in [0.15, 0.2) is 11.6 Å². The fraction of sp³-hybridized carbons (Fsp3) is 0. The molecule has 0 saturated carbocycles. The lowest BCUT2D eigenvalue weighted by atomic mass is 10.5. The van der Waals surface area contributed by atoms with Crippen molar-refractivity contribution in [2.24, 2.45) is 4.99 Å². The smallest absolute Gasteiger partial charge is 0.155 e. The molecular formula is C11H10N4. The molecule has 0 radical (unpaired) electrons. The highest BCUT2D eigenvalue weighted by Crippen LogP contribution is 2.04. The second-order valence-corrected chi connectivity index (χ2v) is 2.82. The normalized spacial score (nSPS) is 10.7. The molecule has 0 aliphatic rings. The van der Waals surface area contributed by atoms with Crippen LogP contribution in [0.2, 0.25) is 0 Å². The van der Waals surface area contributed by atoms with Gasteiger partial charge in [-0.05, 0) is 12.1 Å². The predicted octanol–water partition coefficient (Wildman–Crippen LogP) is 2.13. The zero-order valence-electron chi connectivity index (χ0n) is 8.11. The lowest BCUT2D eigenvalue weighted by Gasteiger charge is -1.94. The van der Waals surface area contributed by atoms with Crippen LogP contribution in [0.5, 0.6) is 0 Å². The first-order chi connectivity index (χ1) is 7.40. The van der Waals surface area contributed by atoms with Crippen LogP contribution in [0.25, 0.3) is 6.20 Å². The van der Waals surface area contributed by atoms with E-state index >= 15 is 0 Å². The average Bonchev–Trinajstić information content (AvgIpc) is 2.75. The van der Waals surface area contributed by atoms with Crippen LogP contribution in [-0.4, -0.2) is 20.7 Å². The van der Waals surface area contributed by atoms with E-state index in [4.69, 9.17) is 0 Å². The third kappa shape index (κ3) is 2.17. The van der Waals surface area contributed by atoms with Crippen molar-refractivity contribution in [2.75, 3.05) is 0 Å². The molecule has 15 heavy (non-hydrogen) atoms. The van der Waals surface area contributed by atoms with Crippen LogP contribution in [0.15, 0.2) is 48.4 Å². The van der Waals surface area contributed by atoms with Crippen molar-refractivity contribution in [3.63, 3.8) is 0 Å². The third-order valence-corrected chi connectivity index (χ3v) is 1.86. The summed E-state index contributed by atoms with van der Waals surface area (Å²) in [6.45, 7) is 3.66. The lowest BCUT2D eigenvalue weighted by molar-refractivity contribution is 1.11. The number of nitrogens with zero attached hydrogens (tertiary/aromatic N) is 4. The van der Waals surface area contributed by atoms with Crippen LogP contribution in [-0.2, 0) is 0 Å². The van der Waals surface area contributed by atoms with Gasteiger partial charge in [-0.3, -0.25) is 0 Å². The van der Waals surface area contributed by atoms with Crippen LogP contribution in [0.3, 0.4) is 0 Å². The number of pyridine rings is 1. The second kappa shape index (κ2) is 4.32. The van der Waals surface area contributed by atoms with Crippen LogP contribution >= 0.6 is 0 Å². The van der Waals surface area contributed by atoms with Gasteiger partial charge in [-0.2, -0.15) is 0 Å². The van der Waals surface area contributed by atoms with Crippen molar-refractivity contribution in [1.29, 1.82) is 0 Å². The van der Waals surface area contributed by atoms with Gasteiger partial charge < -0.3 is 4.57 Å².